The second kappa shape index (κ2) is 7.08. The largest absolute Gasteiger partial charge is 0.493 e. The molecular formula is C15H17F2N3O3. The summed E-state index contributed by atoms with van der Waals surface area (Å²) >= 11 is 0. The monoisotopic (exact) mass is 325 g/mol. The summed E-state index contributed by atoms with van der Waals surface area (Å²) in [5.41, 5.74) is 0.250. The Bertz CT molecular complexity index is 686. The first-order chi connectivity index (χ1) is 10.9. The molecule has 0 radical (unpaired) electrons. The van der Waals surface area contributed by atoms with Crippen molar-refractivity contribution in [3.05, 3.63) is 36.0 Å². The van der Waals surface area contributed by atoms with Crippen molar-refractivity contribution in [3.63, 3.8) is 0 Å². The van der Waals surface area contributed by atoms with Gasteiger partial charge in [-0.05, 0) is 32.0 Å². The Hall–Kier alpha value is -2.64. The van der Waals surface area contributed by atoms with Crippen LogP contribution in [0, 0.1) is 0 Å². The molecule has 2 rings (SSSR count). The van der Waals surface area contributed by atoms with Gasteiger partial charge in [-0.3, -0.25) is 4.79 Å². The number of carbonyl (C=O) groups excluding carboxylic acids is 1. The summed E-state index contributed by atoms with van der Waals surface area (Å²) < 4.78 is 35.6. The van der Waals surface area contributed by atoms with Gasteiger partial charge in [0.15, 0.2) is 11.5 Å². The van der Waals surface area contributed by atoms with E-state index in [4.69, 9.17) is 4.74 Å². The van der Waals surface area contributed by atoms with Gasteiger partial charge in [0.25, 0.3) is 5.91 Å². The predicted octanol–water partition coefficient (Wildman–Crippen LogP) is 3.33. The molecule has 0 bridgehead atoms. The van der Waals surface area contributed by atoms with Crippen molar-refractivity contribution in [2.45, 2.75) is 26.5 Å². The fourth-order valence-electron chi connectivity index (χ4n) is 2.02. The lowest BCUT2D eigenvalue weighted by atomic mass is 10.2. The molecule has 0 aliphatic heterocycles. The number of carbonyl (C=O) groups is 1. The molecule has 1 amide bonds. The molecule has 1 N–H and O–H groups in total. The minimum Gasteiger partial charge on any atom is -0.493 e. The lowest BCUT2D eigenvalue weighted by molar-refractivity contribution is -0.0512. The van der Waals surface area contributed by atoms with Crippen LogP contribution in [0.2, 0.25) is 0 Å². The zero-order chi connectivity index (χ0) is 17.0. The molecule has 23 heavy (non-hydrogen) atoms. The molecule has 0 fully saturated rings. The molecule has 1 heterocycles. The fourth-order valence-corrected chi connectivity index (χ4v) is 2.02. The maximum absolute atomic E-state index is 12.3. The molecule has 1 aromatic heterocycles. The number of ether oxygens (including phenoxy) is 2. The van der Waals surface area contributed by atoms with Gasteiger partial charge < -0.3 is 14.8 Å². The molecule has 124 valence electrons. The van der Waals surface area contributed by atoms with Crippen molar-refractivity contribution in [2.75, 3.05) is 12.4 Å². The molecule has 8 heteroatoms. The van der Waals surface area contributed by atoms with Gasteiger partial charge in [0, 0.05) is 17.7 Å². The standard InChI is InChI=1S/C15H17F2N3O3/c1-9(2)20-13(6-7-18-20)19-14(21)10-4-5-11(23-15(16)17)12(8-10)22-3/h4-9,15H,1-3H3,(H,19,21). The average Bonchev–Trinajstić information content (AvgIpc) is 2.95. The van der Waals surface area contributed by atoms with Gasteiger partial charge in [0.05, 0.1) is 13.3 Å². The lowest BCUT2D eigenvalue weighted by Gasteiger charge is -2.13. The molecule has 0 aliphatic carbocycles. The second-order valence-corrected chi connectivity index (χ2v) is 4.95. The van der Waals surface area contributed by atoms with E-state index in [2.05, 4.69) is 15.2 Å². The van der Waals surface area contributed by atoms with Gasteiger partial charge in [0.1, 0.15) is 5.82 Å². The predicted molar refractivity (Wildman–Crippen MR) is 80.2 cm³/mol. The molecule has 6 nitrogen and oxygen atoms in total. The highest BCUT2D eigenvalue weighted by molar-refractivity contribution is 6.04. The Kier molecular flexibility index (Phi) is 5.15. The van der Waals surface area contributed by atoms with Crippen molar-refractivity contribution >= 4 is 11.7 Å². The molecule has 2 aromatic rings. The van der Waals surface area contributed by atoms with E-state index in [1.165, 1.54) is 25.3 Å². The number of aromatic nitrogens is 2. The first-order valence-corrected chi connectivity index (χ1v) is 6.90. The SMILES string of the molecule is COc1cc(C(=O)Nc2ccnn2C(C)C)ccc1OC(F)F. The highest BCUT2D eigenvalue weighted by atomic mass is 19.3. The first-order valence-electron chi connectivity index (χ1n) is 6.90. The van der Waals surface area contributed by atoms with Crippen LogP contribution in [0.1, 0.15) is 30.2 Å². The van der Waals surface area contributed by atoms with Gasteiger partial charge >= 0.3 is 6.61 Å². The molecular weight excluding hydrogens is 308 g/mol. The summed E-state index contributed by atoms with van der Waals surface area (Å²) in [5, 5.41) is 6.83. The van der Waals surface area contributed by atoms with Crippen LogP contribution in [0.25, 0.3) is 0 Å². The Labute approximate surface area is 132 Å². The summed E-state index contributed by atoms with van der Waals surface area (Å²) in [5.74, 6) is 0.0489. The normalized spacial score (nSPS) is 10.9. The molecule has 0 spiro atoms. The van der Waals surface area contributed by atoms with Gasteiger partial charge in [0.2, 0.25) is 0 Å². The fraction of sp³-hybridized carbons (Fsp3) is 0.333. The Morgan fingerprint density at radius 2 is 2.00 bits per heavy atom. The number of anilines is 1. The summed E-state index contributed by atoms with van der Waals surface area (Å²) in [4.78, 5) is 12.3. The first kappa shape index (κ1) is 16.7. The third kappa shape index (κ3) is 3.97. The van der Waals surface area contributed by atoms with E-state index < -0.39 is 12.5 Å². The van der Waals surface area contributed by atoms with Crippen LogP contribution in [0.15, 0.2) is 30.5 Å². The number of benzene rings is 1. The molecule has 0 aliphatic rings. The zero-order valence-corrected chi connectivity index (χ0v) is 12.9. The Morgan fingerprint density at radius 3 is 2.61 bits per heavy atom. The van der Waals surface area contributed by atoms with Crippen LogP contribution in [0.4, 0.5) is 14.6 Å². The van der Waals surface area contributed by atoms with E-state index in [1.54, 1.807) is 16.9 Å². The van der Waals surface area contributed by atoms with E-state index >= 15 is 0 Å². The van der Waals surface area contributed by atoms with Gasteiger partial charge in [-0.1, -0.05) is 0 Å². The Balaban J connectivity index is 2.21. The summed E-state index contributed by atoms with van der Waals surface area (Å²) in [6.07, 6.45) is 1.58. The van der Waals surface area contributed by atoms with Gasteiger partial charge in [-0.2, -0.15) is 13.9 Å². The van der Waals surface area contributed by atoms with Crippen molar-refractivity contribution in [2.24, 2.45) is 0 Å². The van der Waals surface area contributed by atoms with Crippen molar-refractivity contribution in [3.8, 4) is 11.5 Å². The molecule has 1 aromatic carbocycles. The lowest BCUT2D eigenvalue weighted by Crippen LogP contribution is -2.17. The van der Waals surface area contributed by atoms with Crippen molar-refractivity contribution < 1.29 is 23.0 Å². The number of nitrogens with one attached hydrogen (secondary N) is 1. The third-order valence-corrected chi connectivity index (χ3v) is 3.04. The molecule has 0 saturated carbocycles. The van der Waals surface area contributed by atoms with E-state index in [0.717, 1.165) is 0 Å². The van der Waals surface area contributed by atoms with Crippen molar-refractivity contribution in [1.82, 2.24) is 9.78 Å². The smallest absolute Gasteiger partial charge is 0.387 e. The number of amides is 1. The van der Waals surface area contributed by atoms with E-state index in [0.29, 0.717) is 5.82 Å². The minimum absolute atomic E-state index is 0.0512. The number of alkyl halides is 2. The van der Waals surface area contributed by atoms with Crippen LogP contribution >= 0.6 is 0 Å². The number of halogens is 2. The highest BCUT2D eigenvalue weighted by Crippen LogP contribution is 2.29. The number of rotatable bonds is 6. The third-order valence-electron chi connectivity index (χ3n) is 3.04. The number of methoxy groups -OCH3 is 1. The van der Waals surface area contributed by atoms with E-state index in [-0.39, 0.29) is 23.1 Å². The summed E-state index contributed by atoms with van der Waals surface area (Å²) in [7, 11) is 1.31. The summed E-state index contributed by atoms with van der Waals surface area (Å²) in [6, 6.07) is 5.73. The maximum Gasteiger partial charge on any atom is 0.387 e. The van der Waals surface area contributed by atoms with Crippen LogP contribution in [-0.2, 0) is 0 Å². The maximum atomic E-state index is 12.3. The minimum atomic E-state index is -2.97. The van der Waals surface area contributed by atoms with E-state index in [1.807, 2.05) is 13.8 Å². The number of hydrogen-bond donors (Lipinski definition) is 1. The molecule has 0 unspecified atom stereocenters. The second-order valence-electron chi connectivity index (χ2n) is 4.95. The van der Waals surface area contributed by atoms with Crippen LogP contribution in [0.5, 0.6) is 11.5 Å². The quantitative estimate of drug-likeness (QED) is 0.885. The highest BCUT2D eigenvalue weighted by Gasteiger charge is 2.16. The summed E-state index contributed by atoms with van der Waals surface area (Å²) in [6.45, 7) is 0.897. The van der Waals surface area contributed by atoms with Crippen LogP contribution in [-0.4, -0.2) is 29.4 Å². The van der Waals surface area contributed by atoms with Crippen LogP contribution in [0.3, 0.4) is 0 Å². The Morgan fingerprint density at radius 1 is 1.26 bits per heavy atom. The topological polar surface area (TPSA) is 65.4 Å². The zero-order valence-electron chi connectivity index (χ0n) is 12.9. The molecule has 0 saturated heterocycles. The van der Waals surface area contributed by atoms with Gasteiger partial charge in [-0.15, -0.1) is 0 Å². The van der Waals surface area contributed by atoms with Gasteiger partial charge in [-0.25, -0.2) is 4.68 Å². The molecule has 0 atom stereocenters. The number of nitrogens with zero attached hydrogens (tertiary/aromatic N) is 2. The van der Waals surface area contributed by atoms with E-state index in [9.17, 15) is 13.6 Å². The van der Waals surface area contributed by atoms with Crippen molar-refractivity contribution in [1.29, 1.82) is 0 Å². The van der Waals surface area contributed by atoms with Crippen LogP contribution < -0.4 is 14.8 Å². The average molecular weight is 325 g/mol. The number of hydrogen-bond acceptors (Lipinski definition) is 4.